The summed E-state index contributed by atoms with van der Waals surface area (Å²) in [5.74, 6) is 1.21. The summed E-state index contributed by atoms with van der Waals surface area (Å²) < 4.78 is 6.72. The second kappa shape index (κ2) is 7.24. The van der Waals surface area contributed by atoms with E-state index < -0.39 is 0 Å². The van der Waals surface area contributed by atoms with Crippen LogP contribution in [-0.2, 0) is 11.2 Å². The average molecular weight is 371 g/mol. The molecule has 1 aromatic heterocycles. The van der Waals surface area contributed by atoms with Gasteiger partial charge >= 0.3 is 0 Å². The highest BCUT2D eigenvalue weighted by molar-refractivity contribution is 9.10. The molecule has 0 aliphatic heterocycles. The van der Waals surface area contributed by atoms with Gasteiger partial charge in [0.1, 0.15) is 0 Å². The molecule has 3 rings (SSSR count). The zero-order chi connectivity index (χ0) is 16.1. The number of amides is 1. The lowest BCUT2D eigenvalue weighted by Gasteiger charge is -2.03. The van der Waals surface area contributed by atoms with Gasteiger partial charge in [0.2, 0.25) is 5.91 Å². The molecule has 0 radical (unpaired) electrons. The van der Waals surface area contributed by atoms with Crippen LogP contribution >= 0.6 is 15.9 Å². The molecular weight excluding hydrogens is 356 g/mol. The van der Waals surface area contributed by atoms with E-state index in [9.17, 15) is 4.79 Å². The van der Waals surface area contributed by atoms with Crippen LogP contribution in [0.15, 0.2) is 69.7 Å². The van der Waals surface area contributed by atoms with Gasteiger partial charge < -0.3 is 9.73 Å². The van der Waals surface area contributed by atoms with Crippen molar-refractivity contribution in [1.29, 1.82) is 0 Å². The van der Waals surface area contributed by atoms with Crippen molar-refractivity contribution in [1.82, 2.24) is 4.98 Å². The van der Waals surface area contributed by atoms with E-state index in [0.717, 1.165) is 15.7 Å². The number of nitrogens with one attached hydrogen (secondary N) is 1. The summed E-state index contributed by atoms with van der Waals surface area (Å²) in [4.78, 5) is 16.1. The number of aryl methyl sites for hydroxylation is 1. The Labute approximate surface area is 142 Å². The fraction of sp³-hybridized carbons (Fsp3) is 0.111. The molecule has 5 heteroatoms. The first-order valence-corrected chi connectivity index (χ1v) is 8.05. The minimum Gasteiger partial charge on any atom is -0.441 e. The maximum Gasteiger partial charge on any atom is 0.224 e. The van der Waals surface area contributed by atoms with Crippen molar-refractivity contribution in [3.8, 4) is 11.3 Å². The van der Waals surface area contributed by atoms with Crippen molar-refractivity contribution in [3.05, 3.63) is 71.2 Å². The Morgan fingerprint density at radius 3 is 2.57 bits per heavy atom. The lowest BCUT2D eigenvalue weighted by atomic mass is 10.2. The summed E-state index contributed by atoms with van der Waals surface area (Å²) in [5, 5.41) is 2.84. The monoisotopic (exact) mass is 370 g/mol. The number of hydrogen-bond acceptors (Lipinski definition) is 3. The standard InChI is InChI=1S/C18H15BrN2O2/c19-14-8-6-13(7-9-14)16-12-20-18(23-16)11-10-17(22)21-15-4-2-1-3-5-15/h1-9,12H,10-11H2,(H,21,22). The molecule has 1 amide bonds. The molecule has 3 aromatic rings. The molecule has 116 valence electrons. The van der Waals surface area contributed by atoms with E-state index in [2.05, 4.69) is 26.2 Å². The molecule has 0 fully saturated rings. The summed E-state index contributed by atoms with van der Waals surface area (Å²) in [5.41, 5.74) is 1.75. The van der Waals surface area contributed by atoms with Crippen molar-refractivity contribution in [3.63, 3.8) is 0 Å². The highest BCUT2D eigenvalue weighted by atomic mass is 79.9. The zero-order valence-corrected chi connectivity index (χ0v) is 13.9. The molecule has 0 unspecified atom stereocenters. The number of halogens is 1. The smallest absolute Gasteiger partial charge is 0.224 e. The third-order valence-electron chi connectivity index (χ3n) is 3.31. The van der Waals surface area contributed by atoms with Crippen LogP contribution in [0, 0.1) is 0 Å². The number of carbonyl (C=O) groups is 1. The van der Waals surface area contributed by atoms with Gasteiger partial charge in [0.05, 0.1) is 6.20 Å². The predicted molar refractivity (Wildman–Crippen MR) is 93.0 cm³/mol. The Balaban J connectivity index is 1.57. The fourth-order valence-electron chi connectivity index (χ4n) is 2.14. The molecule has 0 atom stereocenters. The molecule has 0 spiro atoms. The van der Waals surface area contributed by atoms with Gasteiger partial charge in [-0.15, -0.1) is 0 Å². The molecule has 1 N–H and O–H groups in total. The van der Waals surface area contributed by atoms with Crippen LogP contribution in [0.4, 0.5) is 5.69 Å². The van der Waals surface area contributed by atoms with Gasteiger partial charge in [-0.2, -0.15) is 0 Å². The number of carbonyl (C=O) groups excluding carboxylic acids is 1. The maximum absolute atomic E-state index is 11.9. The van der Waals surface area contributed by atoms with Gasteiger partial charge in [0.25, 0.3) is 0 Å². The minimum atomic E-state index is -0.0559. The van der Waals surface area contributed by atoms with Crippen molar-refractivity contribution >= 4 is 27.5 Å². The van der Waals surface area contributed by atoms with Crippen LogP contribution in [0.2, 0.25) is 0 Å². The third-order valence-corrected chi connectivity index (χ3v) is 3.83. The first-order valence-electron chi connectivity index (χ1n) is 7.26. The molecule has 0 bridgehead atoms. The van der Waals surface area contributed by atoms with Gasteiger partial charge in [0, 0.05) is 28.6 Å². The van der Waals surface area contributed by atoms with Gasteiger partial charge in [-0.05, 0) is 24.3 Å². The summed E-state index contributed by atoms with van der Waals surface area (Å²) in [7, 11) is 0. The molecule has 1 heterocycles. The van der Waals surface area contributed by atoms with E-state index >= 15 is 0 Å². The Morgan fingerprint density at radius 2 is 1.83 bits per heavy atom. The van der Waals surface area contributed by atoms with Crippen molar-refractivity contribution in [2.45, 2.75) is 12.8 Å². The Kier molecular flexibility index (Phi) is 4.88. The summed E-state index contributed by atoms with van der Waals surface area (Å²) in [6, 6.07) is 17.2. The number of hydrogen-bond donors (Lipinski definition) is 1. The molecule has 4 nitrogen and oxygen atoms in total. The minimum absolute atomic E-state index is 0.0559. The second-order valence-electron chi connectivity index (χ2n) is 5.04. The molecule has 2 aromatic carbocycles. The van der Waals surface area contributed by atoms with E-state index in [4.69, 9.17) is 4.42 Å². The summed E-state index contributed by atoms with van der Waals surface area (Å²) in [6.07, 6.45) is 2.48. The first-order chi connectivity index (χ1) is 11.2. The highest BCUT2D eigenvalue weighted by Crippen LogP contribution is 2.23. The summed E-state index contributed by atoms with van der Waals surface area (Å²) in [6.45, 7) is 0. The second-order valence-corrected chi connectivity index (χ2v) is 5.96. The van der Waals surface area contributed by atoms with Crippen LogP contribution < -0.4 is 5.32 Å². The van der Waals surface area contributed by atoms with Gasteiger partial charge in [0.15, 0.2) is 11.7 Å². The van der Waals surface area contributed by atoms with Crippen LogP contribution in [0.25, 0.3) is 11.3 Å². The van der Waals surface area contributed by atoms with E-state index in [1.165, 1.54) is 0 Å². The van der Waals surface area contributed by atoms with Crippen LogP contribution in [0.5, 0.6) is 0 Å². The lowest BCUT2D eigenvalue weighted by molar-refractivity contribution is -0.116. The lowest BCUT2D eigenvalue weighted by Crippen LogP contribution is -2.12. The number of anilines is 1. The molecule has 0 saturated carbocycles. The molecular formula is C18H15BrN2O2. The number of benzene rings is 2. The van der Waals surface area contributed by atoms with Gasteiger partial charge in [-0.1, -0.05) is 46.3 Å². The Bertz CT molecular complexity index is 782. The molecule has 23 heavy (non-hydrogen) atoms. The van der Waals surface area contributed by atoms with E-state index in [-0.39, 0.29) is 5.91 Å². The molecule has 0 saturated heterocycles. The van der Waals surface area contributed by atoms with Crippen molar-refractivity contribution < 1.29 is 9.21 Å². The van der Waals surface area contributed by atoms with Crippen molar-refractivity contribution in [2.75, 3.05) is 5.32 Å². The van der Waals surface area contributed by atoms with Crippen molar-refractivity contribution in [2.24, 2.45) is 0 Å². The first kappa shape index (κ1) is 15.5. The molecule has 0 aliphatic rings. The number of para-hydroxylation sites is 1. The largest absolute Gasteiger partial charge is 0.441 e. The highest BCUT2D eigenvalue weighted by Gasteiger charge is 2.09. The zero-order valence-electron chi connectivity index (χ0n) is 12.3. The van der Waals surface area contributed by atoms with Gasteiger partial charge in [-0.25, -0.2) is 4.98 Å². The van der Waals surface area contributed by atoms with E-state index in [0.29, 0.717) is 24.5 Å². The van der Waals surface area contributed by atoms with Gasteiger partial charge in [-0.3, -0.25) is 4.79 Å². The maximum atomic E-state index is 11.9. The number of nitrogens with zero attached hydrogens (tertiary/aromatic N) is 1. The topological polar surface area (TPSA) is 55.1 Å². The number of oxazole rings is 1. The van der Waals surface area contributed by atoms with Crippen LogP contribution in [-0.4, -0.2) is 10.9 Å². The number of aromatic nitrogens is 1. The quantitative estimate of drug-likeness (QED) is 0.709. The SMILES string of the molecule is O=C(CCc1ncc(-c2ccc(Br)cc2)o1)Nc1ccccc1. The molecule has 0 aliphatic carbocycles. The van der Waals surface area contributed by atoms with Crippen LogP contribution in [0.3, 0.4) is 0 Å². The average Bonchev–Trinajstić information content (AvgIpc) is 3.04. The predicted octanol–water partition coefficient (Wildman–Crippen LogP) is 4.68. The van der Waals surface area contributed by atoms with Crippen LogP contribution in [0.1, 0.15) is 12.3 Å². The Hall–Kier alpha value is -2.40. The summed E-state index contributed by atoms with van der Waals surface area (Å²) >= 11 is 3.40. The van der Waals surface area contributed by atoms with E-state index in [1.807, 2.05) is 54.6 Å². The fourth-order valence-corrected chi connectivity index (χ4v) is 2.40. The normalized spacial score (nSPS) is 10.5. The Morgan fingerprint density at radius 1 is 1.09 bits per heavy atom. The third kappa shape index (κ3) is 4.29. The van der Waals surface area contributed by atoms with E-state index in [1.54, 1.807) is 6.20 Å². The number of rotatable bonds is 5.